The zero-order valence-electron chi connectivity index (χ0n) is 13.0. The highest BCUT2D eigenvalue weighted by Gasteiger charge is 2.43. The number of hydrogen-bond donors (Lipinski definition) is 0. The van der Waals surface area contributed by atoms with Gasteiger partial charge in [-0.1, -0.05) is 29.8 Å². The Morgan fingerprint density at radius 1 is 1.00 bits per heavy atom. The van der Waals surface area contributed by atoms with Crippen LogP contribution in [0.2, 0.25) is 0 Å². The number of carbonyl (C=O) groups excluding carboxylic acids is 2. The van der Waals surface area contributed by atoms with Gasteiger partial charge in [0, 0.05) is 5.69 Å². The van der Waals surface area contributed by atoms with Crippen molar-refractivity contribution in [1.82, 2.24) is 4.90 Å². The molecule has 118 valence electrons. The normalized spacial score (nSPS) is 18.0. The monoisotopic (exact) mass is 312 g/mol. The number of imide groups is 1. The smallest absolute Gasteiger partial charge is 0.282 e. The summed E-state index contributed by atoms with van der Waals surface area (Å²) in [6.07, 6.45) is 0. The molecule has 0 saturated carbocycles. The summed E-state index contributed by atoms with van der Waals surface area (Å²) in [6.45, 7) is 3.82. The molecular weight excluding hydrogens is 295 g/mol. The van der Waals surface area contributed by atoms with Crippen molar-refractivity contribution >= 4 is 17.6 Å². The van der Waals surface area contributed by atoms with Gasteiger partial charge in [-0.3, -0.25) is 14.6 Å². The van der Waals surface area contributed by atoms with Crippen LogP contribution in [0.15, 0.2) is 48.5 Å². The van der Waals surface area contributed by atoms with Crippen molar-refractivity contribution in [3.05, 3.63) is 65.5 Å². The van der Waals surface area contributed by atoms with Gasteiger partial charge >= 0.3 is 6.03 Å². The number of halogens is 1. The minimum absolute atomic E-state index is 0.144. The third kappa shape index (κ3) is 2.82. The van der Waals surface area contributed by atoms with Crippen molar-refractivity contribution in [2.24, 2.45) is 0 Å². The molecule has 1 aliphatic rings. The Hall–Kier alpha value is -2.69. The van der Waals surface area contributed by atoms with E-state index < -0.39 is 6.04 Å². The molecule has 3 amide bonds. The Labute approximate surface area is 134 Å². The molecule has 23 heavy (non-hydrogen) atoms. The lowest BCUT2D eigenvalue weighted by Gasteiger charge is -2.19. The van der Waals surface area contributed by atoms with Crippen LogP contribution in [0, 0.1) is 12.7 Å². The molecule has 1 aliphatic heterocycles. The van der Waals surface area contributed by atoms with E-state index in [1.165, 1.54) is 21.9 Å². The Morgan fingerprint density at radius 3 is 2.22 bits per heavy atom. The summed E-state index contributed by atoms with van der Waals surface area (Å²) in [5, 5.41) is 0. The van der Waals surface area contributed by atoms with Crippen LogP contribution in [-0.4, -0.2) is 22.9 Å². The molecule has 0 radical (unpaired) electrons. The van der Waals surface area contributed by atoms with E-state index in [0.717, 1.165) is 5.56 Å². The number of amides is 3. The zero-order chi connectivity index (χ0) is 16.6. The summed E-state index contributed by atoms with van der Waals surface area (Å²) in [7, 11) is 0. The molecule has 4 nitrogen and oxygen atoms in total. The Balaban J connectivity index is 1.85. The average molecular weight is 312 g/mol. The lowest BCUT2D eigenvalue weighted by Crippen LogP contribution is -2.33. The van der Waals surface area contributed by atoms with Gasteiger partial charge in [0.25, 0.3) is 5.91 Å². The van der Waals surface area contributed by atoms with Crippen molar-refractivity contribution in [2.45, 2.75) is 26.4 Å². The predicted octanol–water partition coefficient (Wildman–Crippen LogP) is 3.49. The van der Waals surface area contributed by atoms with Crippen LogP contribution in [0.1, 0.15) is 18.1 Å². The minimum atomic E-state index is -0.550. The van der Waals surface area contributed by atoms with Gasteiger partial charge in [0.2, 0.25) is 0 Å². The van der Waals surface area contributed by atoms with Crippen LogP contribution < -0.4 is 4.90 Å². The molecule has 1 saturated heterocycles. The van der Waals surface area contributed by atoms with E-state index in [-0.39, 0.29) is 24.3 Å². The van der Waals surface area contributed by atoms with Gasteiger partial charge in [-0.15, -0.1) is 0 Å². The predicted molar refractivity (Wildman–Crippen MR) is 85.5 cm³/mol. The van der Waals surface area contributed by atoms with Crippen LogP contribution in [0.4, 0.5) is 14.9 Å². The van der Waals surface area contributed by atoms with Crippen LogP contribution in [0.5, 0.6) is 0 Å². The summed E-state index contributed by atoms with van der Waals surface area (Å²) >= 11 is 0. The summed E-state index contributed by atoms with van der Waals surface area (Å²) in [4.78, 5) is 27.8. The largest absolute Gasteiger partial charge is 0.332 e. The van der Waals surface area contributed by atoms with E-state index in [1.807, 2.05) is 31.2 Å². The maximum atomic E-state index is 13.0. The molecule has 0 unspecified atom stereocenters. The topological polar surface area (TPSA) is 40.6 Å². The SMILES string of the molecule is Cc1ccc(N2C(=O)N(Cc3ccc(F)cc3)C(=O)[C@@H]2C)cc1. The molecular formula is C18H17FN2O2. The number of aryl methyl sites for hydroxylation is 1. The van der Waals surface area contributed by atoms with E-state index in [1.54, 1.807) is 19.1 Å². The number of benzene rings is 2. The average Bonchev–Trinajstić information content (AvgIpc) is 2.74. The van der Waals surface area contributed by atoms with Crippen molar-refractivity contribution in [2.75, 3.05) is 4.90 Å². The zero-order valence-corrected chi connectivity index (χ0v) is 13.0. The molecule has 1 heterocycles. The Morgan fingerprint density at radius 2 is 1.61 bits per heavy atom. The van der Waals surface area contributed by atoms with E-state index in [0.29, 0.717) is 11.3 Å². The summed E-state index contributed by atoms with van der Waals surface area (Å²) < 4.78 is 13.0. The van der Waals surface area contributed by atoms with E-state index in [2.05, 4.69) is 0 Å². The molecule has 1 fully saturated rings. The van der Waals surface area contributed by atoms with Crippen molar-refractivity contribution in [3.63, 3.8) is 0 Å². The maximum absolute atomic E-state index is 13.0. The second kappa shape index (κ2) is 5.83. The molecule has 2 aromatic carbocycles. The molecule has 0 aromatic heterocycles. The second-order valence-electron chi connectivity index (χ2n) is 5.71. The van der Waals surface area contributed by atoms with Gasteiger partial charge < -0.3 is 0 Å². The van der Waals surface area contributed by atoms with Gasteiger partial charge in [-0.25, -0.2) is 9.18 Å². The quantitative estimate of drug-likeness (QED) is 0.814. The number of nitrogens with zero attached hydrogens (tertiary/aromatic N) is 2. The minimum Gasteiger partial charge on any atom is -0.282 e. The molecule has 3 rings (SSSR count). The number of hydrogen-bond acceptors (Lipinski definition) is 2. The van der Waals surface area contributed by atoms with Crippen molar-refractivity contribution in [3.8, 4) is 0 Å². The number of rotatable bonds is 3. The molecule has 0 spiro atoms. The van der Waals surface area contributed by atoms with Crippen LogP contribution in [-0.2, 0) is 11.3 Å². The van der Waals surface area contributed by atoms with Gasteiger partial charge in [-0.05, 0) is 43.7 Å². The highest BCUT2D eigenvalue weighted by Crippen LogP contribution is 2.27. The maximum Gasteiger partial charge on any atom is 0.332 e. The van der Waals surface area contributed by atoms with Gasteiger partial charge in [0.15, 0.2) is 0 Å². The van der Waals surface area contributed by atoms with E-state index >= 15 is 0 Å². The van der Waals surface area contributed by atoms with Crippen molar-refractivity contribution in [1.29, 1.82) is 0 Å². The highest BCUT2D eigenvalue weighted by molar-refractivity contribution is 6.13. The van der Waals surface area contributed by atoms with Gasteiger partial charge in [0.1, 0.15) is 11.9 Å². The van der Waals surface area contributed by atoms with Crippen LogP contribution in [0.25, 0.3) is 0 Å². The number of urea groups is 1. The molecule has 1 atom stereocenters. The standard InChI is InChI=1S/C18H17FN2O2/c1-12-3-9-16(10-4-12)21-13(2)17(22)20(18(21)23)11-14-5-7-15(19)8-6-14/h3-10,13H,11H2,1-2H3/t13-/m0/s1. The van der Waals surface area contributed by atoms with Gasteiger partial charge in [-0.2, -0.15) is 0 Å². The Kier molecular flexibility index (Phi) is 3.86. The fourth-order valence-corrected chi connectivity index (χ4v) is 2.68. The third-order valence-corrected chi connectivity index (χ3v) is 4.01. The summed E-state index contributed by atoms with van der Waals surface area (Å²) in [6, 6.07) is 12.4. The fraction of sp³-hybridized carbons (Fsp3) is 0.222. The van der Waals surface area contributed by atoms with Crippen molar-refractivity contribution < 1.29 is 14.0 Å². The van der Waals surface area contributed by atoms with Crippen LogP contribution >= 0.6 is 0 Å². The first-order valence-corrected chi connectivity index (χ1v) is 7.43. The molecule has 0 bridgehead atoms. The van der Waals surface area contributed by atoms with E-state index in [9.17, 15) is 14.0 Å². The summed E-state index contributed by atoms with van der Waals surface area (Å²) in [5.41, 5.74) is 2.50. The second-order valence-corrected chi connectivity index (χ2v) is 5.71. The van der Waals surface area contributed by atoms with Crippen LogP contribution in [0.3, 0.4) is 0 Å². The lowest BCUT2D eigenvalue weighted by molar-refractivity contribution is -0.127. The first kappa shape index (κ1) is 15.2. The number of carbonyl (C=O) groups is 2. The third-order valence-electron chi connectivity index (χ3n) is 4.01. The lowest BCUT2D eigenvalue weighted by atomic mass is 10.2. The molecule has 0 N–H and O–H groups in total. The number of anilines is 1. The first-order chi connectivity index (χ1) is 11.0. The molecule has 0 aliphatic carbocycles. The molecule has 5 heteroatoms. The Bertz CT molecular complexity index is 741. The van der Waals surface area contributed by atoms with Gasteiger partial charge in [0.05, 0.1) is 6.54 Å². The fourth-order valence-electron chi connectivity index (χ4n) is 2.68. The van der Waals surface area contributed by atoms with E-state index in [4.69, 9.17) is 0 Å². The highest BCUT2D eigenvalue weighted by atomic mass is 19.1. The molecule has 2 aromatic rings. The summed E-state index contributed by atoms with van der Waals surface area (Å²) in [5.74, 6) is -0.595. The first-order valence-electron chi connectivity index (χ1n) is 7.43.